The Balaban J connectivity index is 0.000000647. The fraction of sp³-hybridized carbons (Fsp3) is 0.875. The molecule has 3 saturated carbocycles. The maximum Gasteiger partial charge on any atom is 0.272 e. The summed E-state index contributed by atoms with van der Waals surface area (Å²) in [6.45, 7) is 35.2. The molecule has 0 saturated heterocycles. The predicted molar refractivity (Wildman–Crippen MR) is 227 cm³/mol. The summed E-state index contributed by atoms with van der Waals surface area (Å²) >= 11 is 0. The molecule has 0 amide bonds. The Hall–Kier alpha value is -1.21. The third kappa shape index (κ3) is 14.5. The number of rotatable bonds is 0. The molecule has 56 heavy (non-hydrogen) atoms. The van der Waals surface area contributed by atoms with Crippen LogP contribution in [-0.4, -0.2) is 32.6 Å². The minimum atomic E-state index is -2.56. The van der Waals surface area contributed by atoms with Crippen molar-refractivity contribution in [2.45, 2.75) is 181 Å². The normalized spacial score (nSPS) is 42.8. The van der Waals surface area contributed by atoms with Crippen molar-refractivity contribution < 1.29 is 30.7 Å². The summed E-state index contributed by atoms with van der Waals surface area (Å²) in [7, 11) is 0. The monoisotopic (exact) mass is 804 g/mol. The summed E-state index contributed by atoms with van der Waals surface area (Å²) in [6, 6.07) is 0. The second-order valence-electron chi connectivity index (χ2n) is 19.9. The molecule has 0 aromatic carbocycles. The fourth-order valence-electron chi connectivity index (χ4n) is 9.41. The second-order valence-corrected chi connectivity index (χ2v) is 19.9. The highest BCUT2D eigenvalue weighted by atomic mass is 19.3. The Morgan fingerprint density at radius 1 is 0.554 bits per heavy atom. The molecule has 6 aliphatic carbocycles. The van der Waals surface area contributed by atoms with Crippen LogP contribution in [0.5, 0.6) is 0 Å². The van der Waals surface area contributed by atoms with Gasteiger partial charge in [-0.15, -0.1) is 0 Å². The number of hydrogen-bond donors (Lipinski definition) is 0. The average molecular weight is 804 g/mol. The van der Waals surface area contributed by atoms with Gasteiger partial charge in [-0.3, -0.25) is 0 Å². The molecule has 0 N–H and O–H groups in total. The van der Waals surface area contributed by atoms with E-state index in [1.807, 2.05) is 61.5 Å². The van der Waals surface area contributed by atoms with E-state index in [1.54, 1.807) is 26.8 Å². The zero-order valence-electron chi connectivity index (χ0n) is 38.7. The van der Waals surface area contributed by atoms with E-state index in [0.717, 1.165) is 41.7 Å². The molecule has 327 valence electrons. The van der Waals surface area contributed by atoms with E-state index >= 15 is 0 Å². The van der Waals surface area contributed by atoms with E-state index in [4.69, 9.17) is 0 Å². The topological polar surface area (TPSA) is 0 Å². The van der Waals surface area contributed by atoms with Crippen molar-refractivity contribution in [2.24, 2.45) is 88.8 Å². The highest BCUT2D eigenvalue weighted by Crippen LogP contribution is 2.48. The van der Waals surface area contributed by atoms with Crippen molar-refractivity contribution >= 4 is 8.41 Å². The molecule has 6 aliphatic rings. The largest absolute Gasteiger partial charge is 0.272 e. The first kappa shape index (κ1) is 54.8. The lowest BCUT2D eigenvalue weighted by Gasteiger charge is -2.19. The Morgan fingerprint density at radius 3 is 1.16 bits per heavy atom. The van der Waals surface area contributed by atoms with Crippen LogP contribution in [0.1, 0.15) is 157 Å². The van der Waals surface area contributed by atoms with Crippen LogP contribution < -0.4 is 0 Å². The van der Waals surface area contributed by atoms with Gasteiger partial charge in [-0.1, -0.05) is 116 Å². The van der Waals surface area contributed by atoms with Gasteiger partial charge in [0, 0.05) is 32.1 Å². The third-order valence-electron chi connectivity index (χ3n) is 15.0. The first-order chi connectivity index (χ1) is 25.0. The quantitative estimate of drug-likeness (QED) is 0.130. The summed E-state index contributed by atoms with van der Waals surface area (Å²) in [5, 5.41) is 0. The van der Waals surface area contributed by atoms with Gasteiger partial charge < -0.3 is 0 Å². The molecule has 0 aromatic rings. The number of alkyl halides is 6. The van der Waals surface area contributed by atoms with Crippen LogP contribution in [-0.2, 0) is 0 Å². The molecule has 3 fully saturated rings. The standard InChI is InChI=1S/C8H14F2.C8H12F2.C8H15F.2C8H13F.C8H16.B/c2*1-5-4-6(2)8(9,10)7(5)3;3*1-5-4-6(2)8(9)7(5)3;1-6-4-7(2)8(3)5-6;/h5-7H,4H2,1-3H3;4-5,7H,1-3H3;5-8H,4H2,1-3H3;5,7H,4H2,1-3H3;4-5,7-8H,1-3H3;6-8H,4-5H2,1-3H3;. The molecule has 0 bridgehead atoms. The summed E-state index contributed by atoms with van der Waals surface area (Å²) < 4.78 is 90.5. The molecule has 3 radical (unpaired) electrons. The fourth-order valence-corrected chi connectivity index (χ4v) is 9.41. The predicted octanol–water partition coefficient (Wildman–Crippen LogP) is 16.2. The highest BCUT2D eigenvalue weighted by molar-refractivity contribution is 5.75. The van der Waals surface area contributed by atoms with Crippen molar-refractivity contribution in [2.75, 3.05) is 0 Å². The lowest BCUT2D eigenvalue weighted by Crippen LogP contribution is -2.27. The Bertz CT molecular complexity index is 1240. The zero-order chi connectivity index (χ0) is 43.1. The second kappa shape index (κ2) is 23.0. The van der Waals surface area contributed by atoms with E-state index in [2.05, 4.69) is 41.5 Å². The molecule has 6 rings (SSSR count). The van der Waals surface area contributed by atoms with E-state index < -0.39 is 41.9 Å². The first-order valence-corrected chi connectivity index (χ1v) is 21.8. The lowest BCUT2D eigenvalue weighted by molar-refractivity contribution is -0.0692. The molecule has 0 nitrogen and oxygen atoms in total. The van der Waals surface area contributed by atoms with Crippen molar-refractivity contribution in [1.29, 1.82) is 0 Å². The van der Waals surface area contributed by atoms with Gasteiger partial charge in [0.1, 0.15) is 18.2 Å². The first-order valence-electron chi connectivity index (χ1n) is 21.8. The van der Waals surface area contributed by atoms with Gasteiger partial charge in [0.25, 0.3) is 11.8 Å². The maximum atomic E-state index is 13.0. The van der Waals surface area contributed by atoms with Crippen LogP contribution in [0.3, 0.4) is 0 Å². The van der Waals surface area contributed by atoms with Gasteiger partial charge >= 0.3 is 0 Å². The smallest absolute Gasteiger partial charge is 0.247 e. The minimum absolute atomic E-state index is 0. The van der Waals surface area contributed by atoms with Crippen LogP contribution in [0.4, 0.5) is 30.7 Å². The average Bonchev–Trinajstić information content (AvgIpc) is 3.78. The maximum absolute atomic E-state index is 13.0. The van der Waals surface area contributed by atoms with Crippen LogP contribution in [0, 0.1) is 88.8 Å². The molecule has 0 aliphatic heterocycles. The summed E-state index contributed by atoms with van der Waals surface area (Å²) in [4.78, 5) is 0. The van der Waals surface area contributed by atoms with Crippen LogP contribution in [0.25, 0.3) is 0 Å². The molecule has 16 unspecified atom stereocenters. The summed E-state index contributed by atoms with van der Waals surface area (Å²) in [5.74, 6) is -0.520. The van der Waals surface area contributed by atoms with Gasteiger partial charge in [-0.2, -0.15) is 0 Å². The molecule has 0 spiro atoms. The van der Waals surface area contributed by atoms with E-state index in [1.165, 1.54) is 19.8 Å². The molecule has 16 atom stereocenters. The summed E-state index contributed by atoms with van der Waals surface area (Å²) in [5.41, 5.74) is 2.09. The van der Waals surface area contributed by atoms with Gasteiger partial charge in [-0.25, -0.2) is 30.7 Å². The molecule has 8 heteroatoms. The Kier molecular flexibility index (Phi) is 22.5. The van der Waals surface area contributed by atoms with Crippen LogP contribution in [0.2, 0.25) is 0 Å². The van der Waals surface area contributed by atoms with Crippen LogP contribution >= 0.6 is 0 Å². The van der Waals surface area contributed by atoms with Crippen molar-refractivity contribution in [3.8, 4) is 0 Å². The Morgan fingerprint density at radius 2 is 1.05 bits per heavy atom. The minimum Gasteiger partial charge on any atom is -0.247 e. The van der Waals surface area contributed by atoms with Crippen LogP contribution in [0.15, 0.2) is 34.7 Å². The van der Waals surface area contributed by atoms with E-state index in [0.29, 0.717) is 36.0 Å². The molecular weight excluding hydrogens is 720 g/mol. The van der Waals surface area contributed by atoms with E-state index in [9.17, 15) is 30.7 Å². The van der Waals surface area contributed by atoms with Gasteiger partial charge in [-0.05, 0) is 135 Å². The molecular formula is C48H83BF7. The third-order valence-corrected chi connectivity index (χ3v) is 15.0. The van der Waals surface area contributed by atoms with E-state index in [-0.39, 0.29) is 43.5 Å². The number of halogens is 7. The molecule has 0 heterocycles. The van der Waals surface area contributed by atoms with Gasteiger partial charge in [0.15, 0.2) is 0 Å². The van der Waals surface area contributed by atoms with Crippen molar-refractivity contribution in [3.05, 3.63) is 34.7 Å². The van der Waals surface area contributed by atoms with Crippen molar-refractivity contribution in [1.82, 2.24) is 0 Å². The number of hydrogen-bond acceptors (Lipinski definition) is 0. The number of allylic oxidation sites excluding steroid dienone is 6. The van der Waals surface area contributed by atoms with Gasteiger partial charge in [0.05, 0.1) is 0 Å². The van der Waals surface area contributed by atoms with Crippen molar-refractivity contribution in [3.63, 3.8) is 0 Å². The highest BCUT2D eigenvalue weighted by Gasteiger charge is 2.50. The summed E-state index contributed by atoms with van der Waals surface area (Å²) in [6.07, 6.45) is 8.08. The lowest BCUT2D eigenvalue weighted by atomic mass is 9.96. The SMILES string of the molecule is CC1=C(F)C(C)C(C)C1.CC1=CC(C)C(C)C1(F)F.CC1=CC(C)C(C)C1F.CC1CC(C)C(C)C1.CC1CC(C)C(F)(F)C1C.CC1CC(C)C(F)C1C.[B]. The Labute approximate surface area is 342 Å². The van der Waals surface area contributed by atoms with Gasteiger partial charge in [0.2, 0.25) is 0 Å². The molecule has 0 aromatic heterocycles. The zero-order valence-corrected chi connectivity index (χ0v) is 38.7.